The van der Waals surface area contributed by atoms with E-state index in [0.717, 1.165) is 12.1 Å². The van der Waals surface area contributed by atoms with Gasteiger partial charge in [-0.05, 0) is 47.0 Å². The van der Waals surface area contributed by atoms with E-state index >= 15 is 0 Å². The summed E-state index contributed by atoms with van der Waals surface area (Å²) in [4.78, 5) is -1.24. The maximum absolute atomic E-state index is 12.2. The lowest BCUT2D eigenvalue weighted by molar-refractivity contribution is -0.596. The number of hydrogen-bond acceptors (Lipinski definition) is 3. The molecule has 0 fully saturated rings. The minimum absolute atomic E-state index is 0.228. The zero-order chi connectivity index (χ0) is 27.9. The molecule has 5 aromatic carbocycles. The fourth-order valence-corrected chi connectivity index (χ4v) is 7.28. The normalized spacial score (nSPS) is 11.4. The van der Waals surface area contributed by atoms with E-state index in [1.165, 1.54) is 29.4 Å². The van der Waals surface area contributed by atoms with Crippen molar-refractivity contribution in [2.45, 2.75) is 11.1 Å². The number of hydrogen-bond donors (Lipinski definition) is 0. The van der Waals surface area contributed by atoms with Crippen LogP contribution in [0.4, 0.5) is 13.2 Å². The Morgan fingerprint density at radius 2 is 1.10 bits per heavy atom. The Morgan fingerprint density at radius 3 is 1.64 bits per heavy atom. The monoisotopic (exact) mass is 658 g/mol. The molecule has 8 heteroatoms. The van der Waals surface area contributed by atoms with Crippen molar-refractivity contribution < 1.29 is 47.3 Å². The van der Waals surface area contributed by atoms with E-state index in [9.17, 15) is 26.1 Å². The zero-order valence-corrected chi connectivity index (χ0v) is 23.3. The number of benzene rings is 5. The Hall–Kier alpha value is -3.47. The third-order valence-corrected chi connectivity index (χ3v) is 9.28. The average Bonchev–Trinajstić information content (AvgIpc) is 2.94. The first-order chi connectivity index (χ1) is 18.6. The standard InChI is InChI=1S/C24H18I.C7H5F3O3S/c1-4-11-19(12-5-1)22-17-10-18-23(25-21-15-8-3-9-16-21)24(22)20-13-6-2-7-14-20;8-7(9,10)5-3-1-2-4-6(5)14(11,12)13/h1-18H;1-4H,(H,11,12,13)/q+1;/p-1. The second kappa shape index (κ2) is 12.6. The van der Waals surface area contributed by atoms with E-state index in [0.29, 0.717) is 12.1 Å². The Bertz CT molecular complexity index is 1620. The van der Waals surface area contributed by atoms with Crippen LogP contribution < -0.4 is 21.2 Å². The topological polar surface area (TPSA) is 57.2 Å². The summed E-state index contributed by atoms with van der Waals surface area (Å²) in [6, 6.07) is 42.3. The van der Waals surface area contributed by atoms with E-state index in [2.05, 4.69) is 109 Å². The van der Waals surface area contributed by atoms with Gasteiger partial charge in [-0.3, -0.25) is 0 Å². The van der Waals surface area contributed by atoms with Crippen molar-refractivity contribution in [2.24, 2.45) is 0 Å². The Morgan fingerprint density at radius 1 is 0.590 bits per heavy atom. The molecule has 0 bridgehead atoms. The highest BCUT2D eigenvalue weighted by atomic mass is 127. The van der Waals surface area contributed by atoms with Crippen LogP contribution in [-0.2, 0) is 16.3 Å². The van der Waals surface area contributed by atoms with Crippen molar-refractivity contribution >= 4 is 10.1 Å². The van der Waals surface area contributed by atoms with Gasteiger partial charge in [-0.15, -0.1) is 0 Å². The van der Waals surface area contributed by atoms with E-state index in [-0.39, 0.29) is 21.2 Å². The molecule has 0 N–H and O–H groups in total. The predicted octanol–water partition coefficient (Wildman–Crippen LogP) is 4.76. The Balaban J connectivity index is 0.000000215. The van der Waals surface area contributed by atoms with Crippen molar-refractivity contribution in [1.82, 2.24) is 0 Å². The summed E-state index contributed by atoms with van der Waals surface area (Å²) >= 11 is -0.228. The average molecular weight is 658 g/mol. The molecular weight excluding hydrogens is 636 g/mol. The lowest BCUT2D eigenvalue weighted by Crippen LogP contribution is -3.61. The molecule has 0 radical (unpaired) electrons. The minimum Gasteiger partial charge on any atom is -0.744 e. The van der Waals surface area contributed by atoms with Crippen LogP contribution in [0.1, 0.15) is 5.56 Å². The summed E-state index contributed by atoms with van der Waals surface area (Å²) in [5, 5.41) is 0. The molecule has 5 aromatic rings. The van der Waals surface area contributed by atoms with Gasteiger partial charge in [0, 0.05) is 5.56 Å². The highest BCUT2D eigenvalue weighted by Gasteiger charge is 2.34. The number of halogens is 4. The minimum atomic E-state index is -5.09. The molecule has 0 aliphatic heterocycles. The van der Waals surface area contributed by atoms with Gasteiger partial charge in [0.25, 0.3) is 0 Å². The fourth-order valence-electron chi connectivity index (χ4n) is 3.87. The molecule has 0 saturated carbocycles. The lowest BCUT2D eigenvalue weighted by atomic mass is 9.95. The SMILES string of the molecule is O=S(=O)([O-])c1ccccc1C(F)(F)F.c1ccc([I+]c2cccc(-c3ccccc3)c2-c2ccccc2)cc1. The van der Waals surface area contributed by atoms with Crippen LogP contribution in [0.2, 0.25) is 0 Å². The Labute approximate surface area is 236 Å². The van der Waals surface area contributed by atoms with Crippen LogP contribution >= 0.6 is 0 Å². The molecule has 0 amide bonds. The fraction of sp³-hybridized carbons (Fsp3) is 0.0323. The molecule has 0 unspecified atom stereocenters. The van der Waals surface area contributed by atoms with Crippen LogP contribution in [0.5, 0.6) is 0 Å². The first-order valence-electron chi connectivity index (χ1n) is 11.7. The molecular formula is C31H22F3IO3S. The summed E-state index contributed by atoms with van der Waals surface area (Å²) in [5.74, 6) is 0. The molecule has 0 saturated heterocycles. The van der Waals surface area contributed by atoms with Gasteiger partial charge in [0.1, 0.15) is 10.1 Å². The van der Waals surface area contributed by atoms with E-state index < -0.39 is 26.8 Å². The van der Waals surface area contributed by atoms with E-state index in [1.54, 1.807) is 0 Å². The lowest BCUT2D eigenvalue weighted by Gasteiger charge is -2.14. The van der Waals surface area contributed by atoms with E-state index in [4.69, 9.17) is 0 Å². The summed E-state index contributed by atoms with van der Waals surface area (Å²) in [6.45, 7) is 0. The first-order valence-corrected chi connectivity index (χ1v) is 15.3. The molecule has 198 valence electrons. The van der Waals surface area contributed by atoms with Crippen molar-refractivity contribution in [3.63, 3.8) is 0 Å². The zero-order valence-electron chi connectivity index (χ0n) is 20.3. The van der Waals surface area contributed by atoms with Gasteiger partial charge in [-0.2, -0.15) is 13.2 Å². The molecule has 0 aliphatic carbocycles. The molecule has 0 spiro atoms. The van der Waals surface area contributed by atoms with Crippen LogP contribution in [0.25, 0.3) is 22.3 Å². The van der Waals surface area contributed by atoms with Gasteiger partial charge in [0.05, 0.1) is 10.5 Å². The second-order valence-electron chi connectivity index (χ2n) is 8.23. The smallest absolute Gasteiger partial charge is 0.417 e. The molecule has 3 nitrogen and oxygen atoms in total. The predicted molar refractivity (Wildman–Crippen MR) is 141 cm³/mol. The van der Waals surface area contributed by atoms with Gasteiger partial charge in [0.2, 0.25) is 3.57 Å². The van der Waals surface area contributed by atoms with Crippen LogP contribution in [-0.4, -0.2) is 13.0 Å². The van der Waals surface area contributed by atoms with Crippen LogP contribution in [0, 0.1) is 7.14 Å². The molecule has 5 rings (SSSR count). The quantitative estimate of drug-likeness (QED) is 0.202. The van der Waals surface area contributed by atoms with Crippen molar-refractivity contribution in [2.75, 3.05) is 0 Å². The highest BCUT2D eigenvalue weighted by molar-refractivity contribution is 7.85. The maximum atomic E-state index is 12.2. The molecule has 0 aromatic heterocycles. The van der Waals surface area contributed by atoms with Gasteiger partial charge < -0.3 is 4.55 Å². The summed E-state index contributed by atoms with van der Waals surface area (Å²) < 4.78 is 70.8. The molecule has 39 heavy (non-hydrogen) atoms. The van der Waals surface area contributed by atoms with Crippen LogP contribution in [0.3, 0.4) is 0 Å². The number of alkyl halides is 3. The highest BCUT2D eigenvalue weighted by Crippen LogP contribution is 2.34. The Kier molecular flexibility index (Phi) is 9.21. The molecule has 0 heterocycles. The second-order valence-corrected chi connectivity index (χ2v) is 12.5. The van der Waals surface area contributed by atoms with E-state index in [1.807, 2.05) is 0 Å². The van der Waals surface area contributed by atoms with Crippen molar-refractivity contribution in [3.8, 4) is 22.3 Å². The molecule has 0 aliphatic rings. The summed E-state index contributed by atoms with van der Waals surface area (Å²) in [5.41, 5.74) is 3.84. The van der Waals surface area contributed by atoms with Gasteiger partial charge >= 0.3 is 27.4 Å². The summed E-state index contributed by atoms with van der Waals surface area (Å²) in [6.07, 6.45) is -4.84. The third kappa shape index (κ3) is 7.56. The maximum Gasteiger partial charge on any atom is 0.417 e. The van der Waals surface area contributed by atoms with Gasteiger partial charge in [-0.25, -0.2) is 8.42 Å². The summed E-state index contributed by atoms with van der Waals surface area (Å²) in [7, 11) is -5.09. The van der Waals surface area contributed by atoms with Gasteiger partial charge in [-0.1, -0.05) is 103 Å². The van der Waals surface area contributed by atoms with Crippen molar-refractivity contribution in [3.05, 3.63) is 146 Å². The molecule has 0 atom stereocenters. The largest absolute Gasteiger partial charge is 0.744 e. The third-order valence-electron chi connectivity index (χ3n) is 5.57. The van der Waals surface area contributed by atoms with Crippen molar-refractivity contribution in [1.29, 1.82) is 0 Å². The van der Waals surface area contributed by atoms with Crippen LogP contribution in [0.15, 0.2) is 138 Å². The van der Waals surface area contributed by atoms with Gasteiger partial charge in [0.15, 0.2) is 3.57 Å². The number of rotatable bonds is 5. The first kappa shape index (κ1) is 28.5.